The average molecular weight is 365 g/mol. The van der Waals surface area contributed by atoms with Gasteiger partial charge in [0.1, 0.15) is 5.75 Å². The molecule has 142 valence electrons. The fraction of sp³-hybridized carbons (Fsp3) is 0.435. The van der Waals surface area contributed by atoms with Gasteiger partial charge in [-0.3, -0.25) is 9.69 Å². The summed E-state index contributed by atoms with van der Waals surface area (Å²) < 4.78 is 5.20. The molecule has 1 aliphatic heterocycles. The Morgan fingerprint density at radius 2 is 2.04 bits per heavy atom. The first kappa shape index (κ1) is 18.1. The second kappa shape index (κ2) is 7.01. The van der Waals surface area contributed by atoms with Crippen molar-refractivity contribution in [2.24, 2.45) is 5.92 Å². The molecule has 2 bridgehead atoms. The van der Waals surface area contributed by atoms with Gasteiger partial charge >= 0.3 is 5.97 Å². The van der Waals surface area contributed by atoms with Crippen LogP contribution in [0.1, 0.15) is 37.0 Å². The lowest BCUT2D eigenvalue weighted by Gasteiger charge is -2.56. The van der Waals surface area contributed by atoms with Gasteiger partial charge in [0.25, 0.3) is 0 Å². The number of hydrogen-bond acceptors (Lipinski definition) is 4. The third-order valence-corrected chi connectivity index (χ3v) is 6.55. The number of fused-ring (bicyclic) bond motifs is 4. The van der Waals surface area contributed by atoms with E-state index in [1.54, 1.807) is 6.07 Å². The molecule has 2 aromatic carbocycles. The summed E-state index contributed by atoms with van der Waals surface area (Å²) >= 11 is 0. The van der Waals surface area contributed by atoms with Gasteiger partial charge in [-0.05, 0) is 54.5 Å². The molecule has 3 unspecified atom stereocenters. The first-order valence-electron chi connectivity index (χ1n) is 9.84. The number of carbonyl (C=O) groups excluding carboxylic acids is 1. The van der Waals surface area contributed by atoms with Crippen LogP contribution in [0, 0.1) is 5.92 Å². The summed E-state index contributed by atoms with van der Waals surface area (Å²) in [6, 6.07) is 16.7. The first-order valence-corrected chi connectivity index (χ1v) is 9.84. The van der Waals surface area contributed by atoms with Gasteiger partial charge < -0.3 is 9.84 Å². The highest BCUT2D eigenvalue weighted by Crippen LogP contribution is 2.53. The van der Waals surface area contributed by atoms with Crippen molar-refractivity contribution in [2.45, 2.75) is 38.1 Å². The van der Waals surface area contributed by atoms with Gasteiger partial charge in [-0.2, -0.15) is 0 Å². The highest BCUT2D eigenvalue weighted by Gasteiger charge is 2.52. The predicted molar refractivity (Wildman–Crippen MR) is 105 cm³/mol. The zero-order valence-electron chi connectivity index (χ0n) is 16.0. The lowest BCUT2D eigenvalue weighted by Crippen LogP contribution is -2.60. The van der Waals surface area contributed by atoms with Crippen LogP contribution in [-0.4, -0.2) is 41.7 Å². The minimum Gasteiger partial charge on any atom is -0.508 e. The number of aromatic hydroxyl groups is 1. The van der Waals surface area contributed by atoms with Crippen molar-refractivity contribution in [2.75, 3.05) is 19.7 Å². The van der Waals surface area contributed by atoms with Crippen LogP contribution in [0.25, 0.3) is 0 Å². The largest absolute Gasteiger partial charge is 0.508 e. The molecule has 27 heavy (non-hydrogen) atoms. The Balaban J connectivity index is 1.79. The summed E-state index contributed by atoms with van der Waals surface area (Å²) in [6.07, 6.45) is 1.81. The molecule has 1 fully saturated rings. The predicted octanol–water partition coefficient (Wildman–Crippen LogP) is 3.51. The number of likely N-dealkylation sites (tertiary alicyclic amines) is 1. The number of phenols is 1. The minimum absolute atomic E-state index is 0.136. The van der Waals surface area contributed by atoms with Crippen molar-refractivity contribution >= 4 is 5.97 Å². The molecule has 2 aromatic rings. The Labute approximate surface area is 160 Å². The molecule has 1 heterocycles. The number of piperidine rings is 1. The molecule has 0 amide bonds. The van der Waals surface area contributed by atoms with Gasteiger partial charge in [0.2, 0.25) is 0 Å². The summed E-state index contributed by atoms with van der Waals surface area (Å²) in [4.78, 5) is 14.4. The van der Waals surface area contributed by atoms with Crippen LogP contribution in [0.2, 0.25) is 0 Å². The Kier molecular flexibility index (Phi) is 4.68. The molecular weight excluding hydrogens is 338 g/mol. The molecule has 1 saturated heterocycles. The Morgan fingerprint density at radius 3 is 2.78 bits per heavy atom. The molecular formula is C23H27NO3. The minimum atomic E-state index is -0.145. The fourth-order valence-electron chi connectivity index (χ4n) is 5.29. The summed E-state index contributed by atoms with van der Waals surface area (Å²) in [6.45, 7) is 5.75. The summed E-state index contributed by atoms with van der Waals surface area (Å²) in [5, 5.41) is 10.2. The van der Waals surface area contributed by atoms with E-state index in [1.165, 1.54) is 16.7 Å². The molecule has 0 radical (unpaired) electrons. The standard InChI is InChI=1S/C23H27NO3/c1-3-27-22(26)15-24-12-11-23(18-7-5-4-6-8-18)16(2)21(24)13-17-9-10-19(25)14-20(17)23/h4-10,14,16,21,25H,3,11-13,15H2,1-2H3. The van der Waals surface area contributed by atoms with Crippen molar-refractivity contribution < 1.29 is 14.6 Å². The number of rotatable bonds is 4. The zero-order valence-corrected chi connectivity index (χ0v) is 16.0. The number of phenolic OH excluding ortho intramolecular Hbond substituents is 1. The normalized spacial score (nSPS) is 27.0. The first-order chi connectivity index (χ1) is 13.1. The monoisotopic (exact) mass is 365 g/mol. The van der Waals surface area contributed by atoms with Gasteiger partial charge in [0.15, 0.2) is 0 Å². The Bertz CT molecular complexity index is 835. The lowest BCUT2D eigenvalue weighted by atomic mass is 9.55. The molecule has 2 aliphatic rings. The van der Waals surface area contributed by atoms with E-state index in [4.69, 9.17) is 4.74 Å². The van der Waals surface area contributed by atoms with E-state index in [0.29, 0.717) is 24.8 Å². The van der Waals surface area contributed by atoms with E-state index in [9.17, 15) is 9.90 Å². The molecule has 1 aliphatic carbocycles. The van der Waals surface area contributed by atoms with E-state index < -0.39 is 0 Å². The highest BCUT2D eigenvalue weighted by atomic mass is 16.5. The third-order valence-electron chi connectivity index (χ3n) is 6.55. The summed E-state index contributed by atoms with van der Waals surface area (Å²) in [7, 11) is 0. The van der Waals surface area contributed by atoms with Gasteiger partial charge in [-0.15, -0.1) is 0 Å². The van der Waals surface area contributed by atoms with Crippen molar-refractivity contribution in [1.82, 2.24) is 4.90 Å². The SMILES string of the molecule is CCOC(=O)CN1CCC2(c3ccccc3)c3cc(O)ccc3CC1C2C. The lowest BCUT2D eigenvalue weighted by molar-refractivity contribution is -0.146. The fourth-order valence-corrected chi connectivity index (χ4v) is 5.29. The maximum Gasteiger partial charge on any atom is 0.320 e. The van der Waals surface area contributed by atoms with Crippen LogP contribution in [0.4, 0.5) is 0 Å². The van der Waals surface area contributed by atoms with Crippen LogP contribution < -0.4 is 0 Å². The molecule has 0 aromatic heterocycles. The van der Waals surface area contributed by atoms with Crippen LogP contribution >= 0.6 is 0 Å². The molecule has 4 nitrogen and oxygen atoms in total. The second-order valence-corrected chi connectivity index (χ2v) is 7.76. The van der Waals surface area contributed by atoms with Crippen molar-refractivity contribution in [1.29, 1.82) is 0 Å². The van der Waals surface area contributed by atoms with Gasteiger partial charge in [0, 0.05) is 18.0 Å². The van der Waals surface area contributed by atoms with Crippen LogP contribution in [0.15, 0.2) is 48.5 Å². The molecule has 0 saturated carbocycles. The van der Waals surface area contributed by atoms with Gasteiger partial charge in [-0.1, -0.05) is 43.3 Å². The molecule has 0 spiro atoms. The van der Waals surface area contributed by atoms with Crippen LogP contribution in [0.3, 0.4) is 0 Å². The maximum atomic E-state index is 12.1. The van der Waals surface area contributed by atoms with Crippen molar-refractivity contribution in [3.63, 3.8) is 0 Å². The topological polar surface area (TPSA) is 49.8 Å². The van der Waals surface area contributed by atoms with E-state index in [0.717, 1.165) is 19.4 Å². The molecule has 4 rings (SSSR count). The van der Waals surface area contributed by atoms with Crippen LogP contribution in [-0.2, 0) is 21.4 Å². The Hall–Kier alpha value is -2.33. The smallest absolute Gasteiger partial charge is 0.320 e. The number of benzene rings is 2. The highest BCUT2D eigenvalue weighted by molar-refractivity contribution is 5.71. The van der Waals surface area contributed by atoms with Crippen molar-refractivity contribution in [3.8, 4) is 5.75 Å². The molecule has 4 heteroatoms. The quantitative estimate of drug-likeness (QED) is 0.843. The molecule has 1 N–H and O–H groups in total. The van der Waals surface area contributed by atoms with Crippen LogP contribution in [0.5, 0.6) is 5.75 Å². The Morgan fingerprint density at radius 1 is 1.26 bits per heavy atom. The third kappa shape index (κ3) is 2.92. The van der Waals surface area contributed by atoms with Gasteiger partial charge in [-0.25, -0.2) is 0 Å². The van der Waals surface area contributed by atoms with Crippen molar-refractivity contribution in [3.05, 3.63) is 65.2 Å². The molecule has 3 atom stereocenters. The zero-order chi connectivity index (χ0) is 19.0. The van der Waals surface area contributed by atoms with E-state index in [1.807, 2.05) is 19.1 Å². The van der Waals surface area contributed by atoms with E-state index in [2.05, 4.69) is 42.2 Å². The van der Waals surface area contributed by atoms with E-state index >= 15 is 0 Å². The maximum absolute atomic E-state index is 12.1. The second-order valence-electron chi connectivity index (χ2n) is 7.76. The average Bonchev–Trinajstić information content (AvgIpc) is 2.66. The van der Waals surface area contributed by atoms with Gasteiger partial charge in [0.05, 0.1) is 13.2 Å². The number of hydrogen-bond donors (Lipinski definition) is 1. The number of carbonyl (C=O) groups is 1. The van der Waals surface area contributed by atoms with E-state index in [-0.39, 0.29) is 17.4 Å². The summed E-state index contributed by atoms with van der Waals surface area (Å²) in [5.41, 5.74) is 3.68. The number of esters is 1. The number of nitrogens with zero attached hydrogens (tertiary/aromatic N) is 1. The number of ether oxygens (including phenoxy) is 1. The summed E-state index contributed by atoms with van der Waals surface area (Å²) in [5.74, 6) is 0.509.